The SMILES string of the molecule is CN(C)CC(C)(C)CNC(=O)c1ccccc1SCC(=O)N(C)C1CCCCC1. The number of rotatable bonds is 9. The van der Waals surface area contributed by atoms with E-state index in [0.29, 0.717) is 23.9 Å². The van der Waals surface area contributed by atoms with Gasteiger partial charge in [-0.1, -0.05) is 45.2 Å². The molecule has 1 aliphatic carbocycles. The second kappa shape index (κ2) is 11.0. The lowest BCUT2D eigenvalue weighted by Gasteiger charge is -2.31. The van der Waals surface area contributed by atoms with Crippen molar-refractivity contribution in [3.8, 4) is 0 Å². The molecule has 1 aromatic rings. The molecule has 1 N–H and O–H groups in total. The number of amides is 2. The maximum absolute atomic E-state index is 12.8. The molecule has 2 amide bonds. The second-order valence-electron chi connectivity index (χ2n) is 9.17. The maximum Gasteiger partial charge on any atom is 0.252 e. The quantitative estimate of drug-likeness (QED) is 0.617. The molecule has 0 unspecified atom stereocenters. The van der Waals surface area contributed by atoms with Crippen LogP contribution in [0.5, 0.6) is 0 Å². The third-order valence-electron chi connectivity index (χ3n) is 5.47. The highest BCUT2D eigenvalue weighted by Crippen LogP contribution is 2.26. The van der Waals surface area contributed by atoms with Gasteiger partial charge in [-0.15, -0.1) is 11.8 Å². The minimum Gasteiger partial charge on any atom is -0.351 e. The lowest BCUT2D eigenvalue weighted by molar-refractivity contribution is -0.129. The molecule has 2 rings (SSSR count). The Balaban J connectivity index is 1.93. The van der Waals surface area contributed by atoms with Gasteiger partial charge in [-0.05, 0) is 44.5 Å². The Morgan fingerprint density at radius 3 is 2.41 bits per heavy atom. The lowest BCUT2D eigenvalue weighted by atomic mass is 9.93. The Bertz CT molecular complexity index is 684. The van der Waals surface area contributed by atoms with Crippen LogP contribution in [-0.2, 0) is 4.79 Å². The van der Waals surface area contributed by atoms with Crippen LogP contribution in [0, 0.1) is 5.41 Å². The molecule has 0 bridgehead atoms. The zero-order valence-electron chi connectivity index (χ0n) is 18.7. The predicted octanol–water partition coefficient (Wildman–Crippen LogP) is 3.89. The molecule has 0 saturated heterocycles. The van der Waals surface area contributed by atoms with Gasteiger partial charge in [0.1, 0.15) is 0 Å². The first-order valence-electron chi connectivity index (χ1n) is 10.6. The van der Waals surface area contributed by atoms with Crippen molar-refractivity contribution in [3.63, 3.8) is 0 Å². The fraction of sp³-hybridized carbons (Fsp3) is 0.652. The van der Waals surface area contributed by atoms with E-state index in [9.17, 15) is 9.59 Å². The summed E-state index contributed by atoms with van der Waals surface area (Å²) in [5.41, 5.74) is 0.631. The third kappa shape index (κ3) is 7.67. The zero-order chi connectivity index (χ0) is 21.4. The minimum atomic E-state index is -0.0759. The van der Waals surface area contributed by atoms with Gasteiger partial charge in [-0.2, -0.15) is 0 Å². The van der Waals surface area contributed by atoms with E-state index in [1.165, 1.54) is 31.0 Å². The van der Waals surface area contributed by atoms with Crippen molar-refractivity contribution in [1.82, 2.24) is 15.1 Å². The molecule has 1 saturated carbocycles. The number of thioether (sulfide) groups is 1. The van der Waals surface area contributed by atoms with E-state index in [-0.39, 0.29) is 17.2 Å². The van der Waals surface area contributed by atoms with Crippen LogP contribution in [0.2, 0.25) is 0 Å². The van der Waals surface area contributed by atoms with Gasteiger partial charge < -0.3 is 15.1 Å². The van der Waals surface area contributed by atoms with Crippen LogP contribution in [0.3, 0.4) is 0 Å². The summed E-state index contributed by atoms with van der Waals surface area (Å²) in [6.07, 6.45) is 5.91. The van der Waals surface area contributed by atoms with Crippen molar-refractivity contribution in [3.05, 3.63) is 29.8 Å². The summed E-state index contributed by atoms with van der Waals surface area (Å²) in [4.78, 5) is 30.4. The first-order chi connectivity index (χ1) is 13.7. The van der Waals surface area contributed by atoms with Crippen molar-refractivity contribution < 1.29 is 9.59 Å². The van der Waals surface area contributed by atoms with Crippen molar-refractivity contribution in [2.24, 2.45) is 5.41 Å². The molecule has 1 fully saturated rings. The van der Waals surface area contributed by atoms with Gasteiger partial charge in [0.05, 0.1) is 11.3 Å². The molecule has 0 aromatic heterocycles. The fourth-order valence-electron chi connectivity index (χ4n) is 4.02. The van der Waals surface area contributed by atoms with Crippen LogP contribution in [0.25, 0.3) is 0 Å². The highest BCUT2D eigenvalue weighted by atomic mass is 32.2. The van der Waals surface area contributed by atoms with E-state index in [2.05, 4.69) is 24.1 Å². The van der Waals surface area contributed by atoms with Crippen molar-refractivity contribution in [2.45, 2.75) is 56.9 Å². The van der Waals surface area contributed by atoms with Gasteiger partial charge in [0.15, 0.2) is 0 Å². The number of hydrogen-bond acceptors (Lipinski definition) is 4. The first-order valence-corrected chi connectivity index (χ1v) is 11.6. The van der Waals surface area contributed by atoms with Gasteiger partial charge >= 0.3 is 0 Å². The second-order valence-corrected chi connectivity index (χ2v) is 10.2. The van der Waals surface area contributed by atoms with Gasteiger partial charge in [-0.3, -0.25) is 9.59 Å². The van der Waals surface area contributed by atoms with Gasteiger partial charge in [-0.25, -0.2) is 0 Å². The van der Waals surface area contributed by atoms with Crippen LogP contribution in [0.15, 0.2) is 29.2 Å². The van der Waals surface area contributed by atoms with Crippen LogP contribution in [-0.4, -0.2) is 67.6 Å². The van der Waals surface area contributed by atoms with E-state index < -0.39 is 0 Å². The molecule has 0 heterocycles. The normalized spacial score (nSPS) is 15.4. The molecule has 6 heteroatoms. The van der Waals surface area contributed by atoms with Crippen molar-refractivity contribution in [1.29, 1.82) is 0 Å². The summed E-state index contributed by atoms with van der Waals surface area (Å²) in [6.45, 7) is 5.79. The predicted molar refractivity (Wildman–Crippen MR) is 121 cm³/mol. The van der Waals surface area contributed by atoms with Crippen LogP contribution >= 0.6 is 11.8 Å². The number of carbonyl (C=O) groups is 2. The van der Waals surface area contributed by atoms with E-state index in [1.54, 1.807) is 0 Å². The average molecular weight is 420 g/mol. The van der Waals surface area contributed by atoms with Crippen molar-refractivity contribution in [2.75, 3.05) is 40.0 Å². The van der Waals surface area contributed by atoms with E-state index in [1.807, 2.05) is 50.3 Å². The van der Waals surface area contributed by atoms with E-state index >= 15 is 0 Å². The van der Waals surface area contributed by atoms with E-state index in [0.717, 1.165) is 24.3 Å². The molecule has 0 radical (unpaired) electrons. The number of benzene rings is 1. The molecular formula is C23H37N3O2S. The van der Waals surface area contributed by atoms with Gasteiger partial charge in [0.2, 0.25) is 5.91 Å². The fourth-order valence-corrected chi connectivity index (χ4v) is 4.99. The maximum atomic E-state index is 12.8. The largest absolute Gasteiger partial charge is 0.351 e. The van der Waals surface area contributed by atoms with Crippen LogP contribution < -0.4 is 5.32 Å². The third-order valence-corrected chi connectivity index (χ3v) is 6.53. The number of nitrogens with zero attached hydrogens (tertiary/aromatic N) is 2. The molecular weight excluding hydrogens is 382 g/mol. The molecule has 162 valence electrons. The number of nitrogens with one attached hydrogen (secondary N) is 1. The number of hydrogen-bond donors (Lipinski definition) is 1. The average Bonchev–Trinajstić information content (AvgIpc) is 2.69. The van der Waals surface area contributed by atoms with Gasteiger partial charge in [0, 0.05) is 31.1 Å². The Labute approximate surface area is 180 Å². The van der Waals surface area contributed by atoms with Crippen molar-refractivity contribution >= 4 is 23.6 Å². The lowest BCUT2D eigenvalue weighted by Crippen LogP contribution is -2.40. The Morgan fingerprint density at radius 2 is 1.76 bits per heavy atom. The first kappa shape index (κ1) is 23.7. The summed E-state index contributed by atoms with van der Waals surface area (Å²) in [6, 6.07) is 7.93. The molecule has 1 aliphatic rings. The standard InChI is InChI=1S/C23H37N3O2S/c1-23(2,17-25(3)4)16-24-22(28)19-13-9-10-14-20(19)29-15-21(27)26(5)18-11-7-6-8-12-18/h9-10,13-14,18H,6-8,11-12,15-17H2,1-5H3,(H,24,28). The molecule has 0 spiro atoms. The summed E-state index contributed by atoms with van der Waals surface area (Å²) >= 11 is 1.46. The summed E-state index contributed by atoms with van der Waals surface area (Å²) < 4.78 is 0. The monoisotopic (exact) mass is 419 g/mol. The van der Waals surface area contributed by atoms with Crippen LogP contribution in [0.1, 0.15) is 56.3 Å². The Morgan fingerprint density at radius 1 is 1.10 bits per heavy atom. The molecule has 29 heavy (non-hydrogen) atoms. The zero-order valence-corrected chi connectivity index (χ0v) is 19.5. The molecule has 0 atom stereocenters. The number of carbonyl (C=O) groups excluding carboxylic acids is 2. The minimum absolute atomic E-state index is 0.0140. The Hall–Kier alpha value is -1.53. The summed E-state index contributed by atoms with van der Waals surface area (Å²) in [7, 11) is 6.00. The summed E-state index contributed by atoms with van der Waals surface area (Å²) in [5.74, 6) is 0.431. The molecule has 1 aromatic carbocycles. The summed E-state index contributed by atoms with van der Waals surface area (Å²) in [5, 5.41) is 3.07. The molecule has 0 aliphatic heterocycles. The highest BCUT2D eigenvalue weighted by Gasteiger charge is 2.23. The smallest absolute Gasteiger partial charge is 0.252 e. The van der Waals surface area contributed by atoms with Crippen LogP contribution in [0.4, 0.5) is 0 Å². The van der Waals surface area contributed by atoms with Gasteiger partial charge in [0.25, 0.3) is 5.91 Å². The highest BCUT2D eigenvalue weighted by molar-refractivity contribution is 8.00. The topological polar surface area (TPSA) is 52.7 Å². The van der Waals surface area contributed by atoms with E-state index in [4.69, 9.17) is 0 Å². The molecule has 5 nitrogen and oxygen atoms in total. The Kier molecular flexibility index (Phi) is 9.03.